The van der Waals surface area contributed by atoms with E-state index in [4.69, 9.17) is 34.4 Å². The van der Waals surface area contributed by atoms with Crippen molar-refractivity contribution in [3.8, 4) is 0 Å². The standard InChI is InChI=1S/C30H38N12O3S/c31-27(32)39-8-4-3-7-30(14-42-30)21-17-13-18(26(45)38-10-12-41-29(35)36)46-25(17)22(37-9-11-40-28(33)34)20-19(21)23(43)15-5-1-2-6-16(15)24(20)44/h1-2,5-6,13,37,42H,3-4,7-12,14H2,(H,38,45)(H4,31,32,39)(H4,33,34,40)(H4,35,36,41). The van der Waals surface area contributed by atoms with E-state index in [1.807, 2.05) is 0 Å². The molecular weight excluding hydrogens is 608 g/mol. The lowest BCUT2D eigenvalue weighted by Gasteiger charge is -2.27. The van der Waals surface area contributed by atoms with E-state index in [2.05, 4.69) is 30.9 Å². The van der Waals surface area contributed by atoms with E-state index in [-0.39, 0.29) is 67.1 Å². The fourth-order valence-electron chi connectivity index (χ4n) is 5.78. The van der Waals surface area contributed by atoms with Gasteiger partial charge < -0.3 is 50.4 Å². The van der Waals surface area contributed by atoms with Crippen molar-refractivity contribution in [2.24, 2.45) is 49.4 Å². The Bertz CT molecular complexity index is 1780. The van der Waals surface area contributed by atoms with Crippen molar-refractivity contribution >= 4 is 62.5 Å². The van der Waals surface area contributed by atoms with Gasteiger partial charge in [0, 0.05) is 48.3 Å². The van der Waals surface area contributed by atoms with Crippen molar-refractivity contribution in [2.45, 2.75) is 24.8 Å². The number of nitrogens with one attached hydrogen (secondary N) is 3. The molecule has 242 valence electrons. The number of aliphatic imine (C=N–C) groups is 3. The number of fused-ring (bicyclic) bond motifs is 3. The van der Waals surface area contributed by atoms with E-state index in [9.17, 15) is 14.4 Å². The molecule has 0 bridgehead atoms. The lowest BCUT2D eigenvalue weighted by Crippen LogP contribution is -2.29. The van der Waals surface area contributed by atoms with Crippen LogP contribution >= 0.6 is 11.3 Å². The van der Waals surface area contributed by atoms with Crippen LogP contribution in [0.15, 0.2) is 45.3 Å². The molecule has 1 aliphatic carbocycles. The number of hydrogen-bond acceptors (Lipinski definition) is 9. The van der Waals surface area contributed by atoms with Gasteiger partial charge in [-0.05, 0) is 30.9 Å². The van der Waals surface area contributed by atoms with E-state index in [0.717, 1.165) is 12.8 Å². The van der Waals surface area contributed by atoms with Crippen LogP contribution in [0.5, 0.6) is 0 Å². The van der Waals surface area contributed by atoms with Gasteiger partial charge in [0.25, 0.3) is 5.91 Å². The Morgan fingerprint density at radius 3 is 2.04 bits per heavy atom. The van der Waals surface area contributed by atoms with Crippen molar-refractivity contribution in [3.63, 3.8) is 0 Å². The van der Waals surface area contributed by atoms with E-state index < -0.39 is 5.54 Å². The van der Waals surface area contributed by atoms with Crippen molar-refractivity contribution in [1.82, 2.24) is 10.6 Å². The molecule has 1 saturated heterocycles. The first kappa shape index (κ1) is 32.2. The number of nitrogens with two attached hydrogens (primary N) is 6. The van der Waals surface area contributed by atoms with E-state index in [1.165, 1.54) is 11.3 Å². The fourth-order valence-corrected chi connectivity index (χ4v) is 6.89. The summed E-state index contributed by atoms with van der Waals surface area (Å²) in [5.41, 5.74) is 34.7. The third kappa shape index (κ3) is 6.57. The number of carbonyl (C=O) groups is 3. The van der Waals surface area contributed by atoms with Crippen LogP contribution < -0.4 is 50.4 Å². The number of hydrogen-bond donors (Lipinski definition) is 9. The first-order valence-electron chi connectivity index (χ1n) is 14.8. The summed E-state index contributed by atoms with van der Waals surface area (Å²) in [5, 5.41) is 10.4. The quantitative estimate of drug-likeness (QED) is 0.0368. The second-order valence-electron chi connectivity index (χ2n) is 11.1. The van der Waals surface area contributed by atoms with Gasteiger partial charge in [0.2, 0.25) is 0 Å². The number of anilines is 1. The molecule has 5 rings (SSSR count). The summed E-state index contributed by atoms with van der Waals surface area (Å²) < 4.78 is 0.668. The zero-order valence-electron chi connectivity index (χ0n) is 25.2. The van der Waals surface area contributed by atoms with Gasteiger partial charge >= 0.3 is 0 Å². The monoisotopic (exact) mass is 646 g/mol. The number of carbonyl (C=O) groups excluding carboxylic acids is 3. The summed E-state index contributed by atoms with van der Waals surface area (Å²) in [5.74, 6) is -0.975. The number of thiophene rings is 1. The van der Waals surface area contributed by atoms with Crippen LogP contribution in [0, 0.1) is 0 Å². The highest BCUT2D eigenvalue weighted by atomic mass is 32.1. The third-order valence-electron chi connectivity index (χ3n) is 7.86. The minimum Gasteiger partial charge on any atom is -0.381 e. The van der Waals surface area contributed by atoms with Gasteiger partial charge in [-0.15, -0.1) is 11.3 Å². The molecule has 16 heteroatoms. The zero-order chi connectivity index (χ0) is 33.0. The summed E-state index contributed by atoms with van der Waals surface area (Å²) in [7, 11) is 0. The minimum absolute atomic E-state index is 0.0307. The molecular formula is C30H38N12O3S. The molecule has 0 saturated carbocycles. The Morgan fingerprint density at radius 2 is 1.43 bits per heavy atom. The summed E-state index contributed by atoms with van der Waals surface area (Å²) in [6.45, 7) is 1.98. The first-order valence-corrected chi connectivity index (χ1v) is 15.6. The van der Waals surface area contributed by atoms with Gasteiger partial charge in [-0.1, -0.05) is 24.3 Å². The molecule has 2 aliphatic rings. The second kappa shape index (κ2) is 13.4. The second-order valence-corrected chi connectivity index (χ2v) is 12.1. The number of unbranched alkanes of at least 4 members (excludes halogenated alkanes) is 1. The Morgan fingerprint density at radius 1 is 0.848 bits per heavy atom. The van der Waals surface area contributed by atoms with E-state index in [0.29, 0.717) is 62.4 Å². The number of guanidine groups is 3. The molecule has 15 nitrogen and oxygen atoms in total. The highest BCUT2D eigenvalue weighted by Crippen LogP contribution is 2.50. The SMILES string of the molecule is NC(N)=NCCCCC1(c2c3c(c(NCCN=C(N)N)c4sc(C(=O)NCCN=C(N)N)cc24)C(=O)c2ccccc2C3=O)CN1. The molecule has 1 fully saturated rings. The Balaban J connectivity index is 1.66. The number of benzene rings is 2. The van der Waals surface area contributed by atoms with E-state index >= 15 is 0 Å². The highest BCUT2D eigenvalue weighted by molar-refractivity contribution is 7.21. The molecule has 0 radical (unpaired) electrons. The summed E-state index contributed by atoms with van der Waals surface area (Å²) in [4.78, 5) is 54.4. The van der Waals surface area contributed by atoms with Gasteiger partial charge in [-0.3, -0.25) is 29.4 Å². The summed E-state index contributed by atoms with van der Waals surface area (Å²) >= 11 is 1.23. The Hall–Kier alpha value is -5.22. The molecule has 3 aromatic rings. The van der Waals surface area contributed by atoms with Crippen LogP contribution in [-0.4, -0.2) is 74.6 Å². The van der Waals surface area contributed by atoms with Crippen LogP contribution in [0.25, 0.3) is 10.1 Å². The highest BCUT2D eigenvalue weighted by Gasteiger charge is 2.49. The first-order chi connectivity index (χ1) is 22.0. The van der Waals surface area contributed by atoms with Crippen molar-refractivity contribution in [1.29, 1.82) is 0 Å². The molecule has 2 aromatic carbocycles. The van der Waals surface area contributed by atoms with Gasteiger partial charge in [-0.25, -0.2) is 0 Å². The van der Waals surface area contributed by atoms with Crippen LogP contribution in [0.3, 0.4) is 0 Å². The molecule has 15 N–H and O–H groups in total. The minimum atomic E-state index is -0.596. The lowest BCUT2D eigenvalue weighted by atomic mass is 9.76. The predicted octanol–water partition coefficient (Wildman–Crippen LogP) is -0.393. The fraction of sp³-hybridized carbons (Fsp3) is 0.333. The van der Waals surface area contributed by atoms with E-state index in [1.54, 1.807) is 30.3 Å². The molecule has 1 atom stereocenters. The topological polar surface area (TPSA) is 290 Å². The third-order valence-corrected chi connectivity index (χ3v) is 9.01. The van der Waals surface area contributed by atoms with Crippen molar-refractivity contribution < 1.29 is 14.4 Å². The molecule has 46 heavy (non-hydrogen) atoms. The molecule has 0 spiro atoms. The predicted molar refractivity (Wildman–Crippen MR) is 182 cm³/mol. The zero-order valence-corrected chi connectivity index (χ0v) is 26.0. The van der Waals surface area contributed by atoms with Gasteiger partial charge in [0.1, 0.15) is 0 Å². The number of ketones is 2. The number of amides is 1. The average molecular weight is 647 g/mol. The van der Waals surface area contributed by atoms with Crippen LogP contribution in [0.4, 0.5) is 5.69 Å². The van der Waals surface area contributed by atoms with Gasteiger partial charge in [-0.2, -0.15) is 0 Å². The molecule has 2 heterocycles. The van der Waals surface area contributed by atoms with Gasteiger partial charge in [0.15, 0.2) is 29.4 Å². The maximum absolute atomic E-state index is 14.4. The lowest BCUT2D eigenvalue weighted by molar-refractivity contribution is 0.0958. The summed E-state index contributed by atoms with van der Waals surface area (Å²) in [6, 6.07) is 8.59. The van der Waals surface area contributed by atoms with Crippen LogP contribution in [-0.2, 0) is 5.54 Å². The normalized spacial score (nSPS) is 16.3. The Labute approximate surface area is 268 Å². The molecule has 1 aromatic heterocycles. The molecule has 1 unspecified atom stereocenters. The van der Waals surface area contributed by atoms with Crippen LogP contribution in [0.1, 0.15) is 66.3 Å². The van der Waals surface area contributed by atoms with Crippen LogP contribution in [0.2, 0.25) is 0 Å². The molecule has 1 aliphatic heterocycles. The van der Waals surface area contributed by atoms with Crippen molar-refractivity contribution in [2.75, 3.05) is 44.6 Å². The van der Waals surface area contributed by atoms with Gasteiger partial charge in [0.05, 0.1) is 39.5 Å². The largest absolute Gasteiger partial charge is 0.381 e. The molecule has 1 amide bonds. The number of rotatable bonds is 14. The number of nitrogens with zero attached hydrogens (tertiary/aromatic N) is 3. The maximum atomic E-state index is 14.4. The maximum Gasteiger partial charge on any atom is 0.261 e. The van der Waals surface area contributed by atoms with Crippen molar-refractivity contribution in [3.05, 3.63) is 63.0 Å². The average Bonchev–Trinajstić information content (AvgIpc) is 3.66. The Kier molecular flexibility index (Phi) is 9.39. The summed E-state index contributed by atoms with van der Waals surface area (Å²) in [6.07, 6.45) is 2.13. The smallest absolute Gasteiger partial charge is 0.261 e.